The second kappa shape index (κ2) is 12.2. The minimum atomic E-state index is 0.106. The van der Waals surface area contributed by atoms with Crippen LogP contribution in [0.3, 0.4) is 0 Å². The van der Waals surface area contributed by atoms with Gasteiger partial charge < -0.3 is 15.4 Å². The van der Waals surface area contributed by atoms with Gasteiger partial charge in [-0.1, -0.05) is 24.3 Å². The third-order valence-electron chi connectivity index (χ3n) is 7.59. The number of hydrogen-bond acceptors (Lipinski definition) is 7. The number of morpholine rings is 1. The van der Waals surface area contributed by atoms with Gasteiger partial charge in [-0.3, -0.25) is 14.4 Å². The molecule has 0 unspecified atom stereocenters. The molecule has 2 aromatic heterocycles. The molecule has 2 aromatic carbocycles. The van der Waals surface area contributed by atoms with Crippen molar-refractivity contribution in [1.29, 1.82) is 0 Å². The molecule has 41 heavy (non-hydrogen) atoms. The Labute approximate surface area is 241 Å². The monoisotopic (exact) mass is 551 g/mol. The van der Waals surface area contributed by atoms with Crippen molar-refractivity contribution in [3.05, 3.63) is 72.6 Å². The van der Waals surface area contributed by atoms with E-state index < -0.39 is 0 Å². The molecule has 9 nitrogen and oxygen atoms in total. The van der Waals surface area contributed by atoms with Gasteiger partial charge in [0.25, 0.3) is 0 Å². The molecule has 9 heteroatoms. The number of rotatable bonds is 10. The molecule has 2 N–H and O–H groups in total. The van der Waals surface area contributed by atoms with Crippen molar-refractivity contribution in [2.75, 3.05) is 43.5 Å². The van der Waals surface area contributed by atoms with E-state index >= 15 is 0 Å². The normalized spacial score (nSPS) is 15.7. The highest BCUT2D eigenvalue weighted by Crippen LogP contribution is 2.35. The van der Waals surface area contributed by atoms with Crippen molar-refractivity contribution in [3.8, 4) is 22.5 Å². The summed E-state index contributed by atoms with van der Waals surface area (Å²) in [5.74, 6) is 0.810. The lowest BCUT2D eigenvalue weighted by Crippen LogP contribution is -2.37. The van der Waals surface area contributed by atoms with E-state index in [4.69, 9.17) is 14.8 Å². The third kappa shape index (κ3) is 6.64. The summed E-state index contributed by atoms with van der Waals surface area (Å²) in [5, 5.41) is 11.1. The van der Waals surface area contributed by atoms with Crippen LogP contribution in [0.2, 0.25) is 0 Å². The van der Waals surface area contributed by atoms with Crippen LogP contribution in [0.4, 0.5) is 17.3 Å². The Bertz CT molecular complexity index is 1490. The number of aromatic nitrogens is 4. The van der Waals surface area contributed by atoms with Gasteiger partial charge in [-0.15, -0.1) is 0 Å². The fourth-order valence-electron chi connectivity index (χ4n) is 5.14. The van der Waals surface area contributed by atoms with Gasteiger partial charge >= 0.3 is 0 Å². The van der Waals surface area contributed by atoms with E-state index in [0.29, 0.717) is 5.95 Å². The van der Waals surface area contributed by atoms with Crippen molar-refractivity contribution in [2.45, 2.75) is 39.2 Å². The summed E-state index contributed by atoms with van der Waals surface area (Å²) in [5.41, 5.74) is 6.76. The van der Waals surface area contributed by atoms with Crippen LogP contribution in [0, 0.1) is 5.92 Å². The quantitative estimate of drug-likeness (QED) is 0.267. The van der Waals surface area contributed by atoms with E-state index in [1.807, 2.05) is 47.3 Å². The number of benzene rings is 2. The summed E-state index contributed by atoms with van der Waals surface area (Å²) < 4.78 is 7.48. The Morgan fingerprint density at radius 1 is 1.05 bits per heavy atom. The van der Waals surface area contributed by atoms with Gasteiger partial charge in [-0.25, -0.2) is 9.97 Å². The maximum Gasteiger partial charge on any atom is 0.227 e. The van der Waals surface area contributed by atoms with Gasteiger partial charge in [-0.2, -0.15) is 5.10 Å². The number of carbonyl (C=O) groups excluding carboxylic acids is 1. The lowest BCUT2D eigenvalue weighted by atomic mass is 10.0. The van der Waals surface area contributed by atoms with E-state index in [2.05, 4.69) is 52.6 Å². The van der Waals surface area contributed by atoms with Gasteiger partial charge in [0, 0.05) is 60.3 Å². The molecule has 0 bridgehead atoms. The summed E-state index contributed by atoms with van der Waals surface area (Å²) in [6, 6.07) is 18.5. The van der Waals surface area contributed by atoms with Crippen molar-refractivity contribution in [3.63, 3.8) is 0 Å². The van der Waals surface area contributed by atoms with Gasteiger partial charge in [0.05, 0.1) is 30.8 Å². The van der Waals surface area contributed by atoms with Crippen LogP contribution in [0.1, 0.15) is 38.3 Å². The fourth-order valence-corrected chi connectivity index (χ4v) is 5.14. The minimum absolute atomic E-state index is 0.106. The Balaban J connectivity index is 1.20. The molecule has 3 heterocycles. The van der Waals surface area contributed by atoms with Crippen molar-refractivity contribution in [2.24, 2.45) is 5.92 Å². The lowest BCUT2D eigenvalue weighted by molar-refractivity contribution is -0.117. The van der Waals surface area contributed by atoms with Crippen LogP contribution in [0.15, 0.2) is 67.0 Å². The zero-order chi connectivity index (χ0) is 28.2. The molecule has 4 aromatic rings. The van der Waals surface area contributed by atoms with Crippen molar-refractivity contribution in [1.82, 2.24) is 24.6 Å². The number of ether oxygens (including phenoxy) is 1. The maximum atomic E-state index is 12.2. The SMILES string of the molecule is CC(C)n1ncc(-c2ccnc(Nc3cccc(CCN4CCOCC4)c3)n2)c1-c1ccc(NC(=O)C2CC2)cc1. The Hall–Kier alpha value is -4.08. The lowest BCUT2D eigenvalue weighted by Gasteiger charge is -2.26. The number of nitrogens with one attached hydrogen (secondary N) is 2. The molecule has 0 atom stereocenters. The number of nitrogens with zero attached hydrogens (tertiary/aromatic N) is 5. The van der Waals surface area contributed by atoms with Gasteiger partial charge in [0.2, 0.25) is 11.9 Å². The van der Waals surface area contributed by atoms with Gasteiger partial charge in [0.1, 0.15) is 0 Å². The van der Waals surface area contributed by atoms with E-state index in [9.17, 15) is 4.79 Å². The first-order valence-electron chi connectivity index (χ1n) is 14.5. The topological polar surface area (TPSA) is 97.2 Å². The average Bonchev–Trinajstić information content (AvgIpc) is 3.75. The minimum Gasteiger partial charge on any atom is -0.379 e. The van der Waals surface area contributed by atoms with E-state index in [-0.39, 0.29) is 17.9 Å². The molecule has 1 saturated carbocycles. The fraction of sp³-hybridized carbons (Fsp3) is 0.375. The predicted octanol–water partition coefficient (Wildman–Crippen LogP) is 5.55. The van der Waals surface area contributed by atoms with Crippen LogP contribution in [0.5, 0.6) is 0 Å². The number of amides is 1. The second-order valence-electron chi connectivity index (χ2n) is 11.1. The highest BCUT2D eigenvalue weighted by atomic mass is 16.5. The molecule has 0 radical (unpaired) electrons. The molecular weight excluding hydrogens is 514 g/mol. The molecule has 0 spiro atoms. The zero-order valence-corrected chi connectivity index (χ0v) is 23.7. The van der Waals surface area contributed by atoms with E-state index in [1.54, 1.807) is 6.20 Å². The molecule has 1 aliphatic carbocycles. The molecule has 212 valence electrons. The van der Waals surface area contributed by atoms with Crippen molar-refractivity contribution >= 4 is 23.2 Å². The first kappa shape index (κ1) is 27.1. The Morgan fingerprint density at radius 2 is 1.85 bits per heavy atom. The van der Waals surface area contributed by atoms with Gasteiger partial charge in [-0.05, 0) is 69.0 Å². The number of hydrogen-bond donors (Lipinski definition) is 2. The first-order chi connectivity index (χ1) is 20.0. The number of anilines is 3. The molecule has 1 saturated heterocycles. The summed E-state index contributed by atoms with van der Waals surface area (Å²) in [7, 11) is 0. The van der Waals surface area contributed by atoms with Crippen LogP contribution < -0.4 is 10.6 Å². The molecule has 1 aliphatic heterocycles. The summed E-state index contributed by atoms with van der Waals surface area (Å²) in [4.78, 5) is 24.0. The van der Waals surface area contributed by atoms with Crippen molar-refractivity contribution < 1.29 is 9.53 Å². The molecule has 1 amide bonds. The second-order valence-corrected chi connectivity index (χ2v) is 11.1. The molecule has 2 fully saturated rings. The summed E-state index contributed by atoms with van der Waals surface area (Å²) in [6.45, 7) is 8.88. The average molecular weight is 552 g/mol. The Kier molecular flexibility index (Phi) is 8.07. The smallest absolute Gasteiger partial charge is 0.227 e. The van der Waals surface area contributed by atoms with Crippen LogP contribution in [-0.4, -0.2) is 63.4 Å². The predicted molar refractivity (Wildman–Crippen MR) is 161 cm³/mol. The van der Waals surface area contributed by atoms with Crippen LogP contribution in [0.25, 0.3) is 22.5 Å². The Morgan fingerprint density at radius 3 is 2.61 bits per heavy atom. The summed E-state index contributed by atoms with van der Waals surface area (Å²) in [6.07, 6.45) is 6.60. The van der Waals surface area contributed by atoms with Crippen LogP contribution in [-0.2, 0) is 16.0 Å². The zero-order valence-electron chi connectivity index (χ0n) is 23.7. The maximum absolute atomic E-state index is 12.2. The van der Waals surface area contributed by atoms with Crippen LogP contribution >= 0.6 is 0 Å². The van der Waals surface area contributed by atoms with Gasteiger partial charge in [0.15, 0.2) is 0 Å². The standard InChI is InChI=1S/C32H37N7O2/c1-22(2)39-30(24-8-10-26(11-9-24)35-31(40)25-6-7-25)28(21-34-39)29-12-14-33-32(37-29)36-27-5-3-4-23(20-27)13-15-38-16-18-41-19-17-38/h3-5,8-12,14,20-22,25H,6-7,13,15-19H2,1-2H3,(H,35,40)(H,33,36,37). The molecule has 6 rings (SSSR count). The highest BCUT2D eigenvalue weighted by molar-refractivity contribution is 5.94. The highest BCUT2D eigenvalue weighted by Gasteiger charge is 2.29. The number of carbonyl (C=O) groups is 1. The molecule has 2 aliphatic rings. The third-order valence-corrected chi connectivity index (χ3v) is 7.59. The largest absolute Gasteiger partial charge is 0.379 e. The first-order valence-corrected chi connectivity index (χ1v) is 14.5. The molecular formula is C32H37N7O2. The summed E-state index contributed by atoms with van der Waals surface area (Å²) >= 11 is 0. The van der Waals surface area contributed by atoms with E-state index in [0.717, 1.165) is 86.0 Å². The van der Waals surface area contributed by atoms with E-state index in [1.165, 1.54) is 5.56 Å².